The monoisotopic (exact) mass is 442 g/mol. The van der Waals surface area contributed by atoms with Crippen LogP contribution in [0.1, 0.15) is 24.1 Å². The minimum atomic E-state index is -0.801. The highest BCUT2D eigenvalue weighted by Gasteiger charge is 2.34. The van der Waals surface area contributed by atoms with E-state index < -0.39 is 17.8 Å². The van der Waals surface area contributed by atoms with Crippen LogP contribution in [0.15, 0.2) is 69.6 Å². The average Bonchev–Trinajstić information content (AvgIpc) is 3.03. The fourth-order valence-electron chi connectivity index (χ4n) is 3.42. The van der Waals surface area contributed by atoms with Crippen molar-refractivity contribution in [2.24, 2.45) is 4.99 Å². The van der Waals surface area contributed by atoms with E-state index >= 15 is 0 Å². The van der Waals surface area contributed by atoms with Gasteiger partial charge in [0.05, 0.1) is 22.9 Å². The second kappa shape index (κ2) is 8.01. The molecule has 0 unspecified atom stereocenters. The normalized spacial score (nSPS) is 16.3. The molecule has 0 aliphatic carbocycles. The SMILES string of the molecule is COC(=O)C1=C(C)N=c2s/c(=C/c3ccccc3F)c(=O)n2[C@H]1c1ccccc1Cl. The number of hydrogen-bond donors (Lipinski definition) is 0. The number of nitrogens with zero attached hydrogens (tertiary/aromatic N) is 2. The summed E-state index contributed by atoms with van der Waals surface area (Å²) in [5.74, 6) is -1.03. The Hall–Kier alpha value is -3.03. The fraction of sp³-hybridized carbons (Fsp3) is 0.136. The highest BCUT2D eigenvalue weighted by Crippen LogP contribution is 2.34. The first kappa shape index (κ1) is 20.3. The number of carbonyl (C=O) groups is 1. The van der Waals surface area contributed by atoms with Gasteiger partial charge in [0.25, 0.3) is 5.56 Å². The third-order valence-electron chi connectivity index (χ3n) is 4.82. The molecule has 0 saturated carbocycles. The number of fused-ring (bicyclic) bond motifs is 1. The maximum atomic E-state index is 14.1. The van der Waals surface area contributed by atoms with Gasteiger partial charge in [-0.05, 0) is 30.7 Å². The zero-order valence-corrected chi connectivity index (χ0v) is 17.6. The Morgan fingerprint density at radius 2 is 1.93 bits per heavy atom. The summed E-state index contributed by atoms with van der Waals surface area (Å²) in [7, 11) is 1.27. The molecule has 0 fully saturated rings. The van der Waals surface area contributed by atoms with Gasteiger partial charge >= 0.3 is 5.97 Å². The third-order valence-corrected chi connectivity index (χ3v) is 6.15. The molecule has 2 heterocycles. The number of benzene rings is 2. The molecular weight excluding hydrogens is 427 g/mol. The highest BCUT2D eigenvalue weighted by molar-refractivity contribution is 7.07. The Kier molecular flexibility index (Phi) is 5.40. The predicted octanol–water partition coefficient (Wildman–Crippen LogP) is 3.20. The Labute approximate surface area is 180 Å². The first-order chi connectivity index (χ1) is 14.4. The van der Waals surface area contributed by atoms with Crippen molar-refractivity contribution in [3.63, 3.8) is 0 Å². The summed E-state index contributed by atoms with van der Waals surface area (Å²) in [6.07, 6.45) is 1.49. The number of aromatic nitrogens is 1. The van der Waals surface area contributed by atoms with Crippen LogP contribution >= 0.6 is 22.9 Å². The molecule has 0 N–H and O–H groups in total. The van der Waals surface area contributed by atoms with E-state index in [4.69, 9.17) is 16.3 Å². The Morgan fingerprint density at radius 1 is 1.23 bits per heavy atom. The quantitative estimate of drug-likeness (QED) is 0.585. The lowest BCUT2D eigenvalue weighted by atomic mass is 9.96. The van der Waals surface area contributed by atoms with E-state index in [0.717, 1.165) is 11.3 Å². The third kappa shape index (κ3) is 3.40. The van der Waals surface area contributed by atoms with Gasteiger partial charge in [-0.15, -0.1) is 0 Å². The van der Waals surface area contributed by atoms with Crippen molar-refractivity contribution in [3.05, 3.63) is 101 Å². The van der Waals surface area contributed by atoms with Gasteiger partial charge < -0.3 is 4.74 Å². The van der Waals surface area contributed by atoms with Crippen LogP contribution in [-0.4, -0.2) is 17.6 Å². The van der Waals surface area contributed by atoms with Gasteiger partial charge in [-0.2, -0.15) is 0 Å². The average molecular weight is 443 g/mol. The first-order valence-electron chi connectivity index (χ1n) is 9.02. The van der Waals surface area contributed by atoms with E-state index in [1.54, 1.807) is 49.4 Å². The molecule has 152 valence electrons. The second-order valence-electron chi connectivity index (χ2n) is 6.62. The Bertz CT molecular complexity index is 1370. The lowest BCUT2D eigenvalue weighted by molar-refractivity contribution is -0.136. The zero-order valence-electron chi connectivity index (χ0n) is 16.1. The van der Waals surface area contributed by atoms with Crippen LogP contribution in [0.4, 0.5) is 4.39 Å². The van der Waals surface area contributed by atoms with Gasteiger partial charge in [-0.3, -0.25) is 9.36 Å². The molecule has 0 spiro atoms. The van der Waals surface area contributed by atoms with Gasteiger partial charge in [-0.1, -0.05) is 59.3 Å². The number of carbonyl (C=O) groups excluding carboxylic acids is 1. The maximum Gasteiger partial charge on any atom is 0.338 e. The van der Waals surface area contributed by atoms with Gasteiger partial charge in [0.2, 0.25) is 0 Å². The fourth-order valence-corrected chi connectivity index (χ4v) is 4.69. The van der Waals surface area contributed by atoms with Crippen molar-refractivity contribution >= 4 is 35.0 Å². The van der Waals surface area contributed by atoms with Crippen LogP contribution in [0.5, 0.6) is 0 Å². The first-order valence-corrected chi connectivity index (χ1v) is 10.2. The van der Waals surface area contributed by atoms with Gasteiger partial charge in [0.1, 0.15) is 11.9 Å². The summed E-state index contributed by atoms with van der Waals surface area (Å²) < 4.78 is 20.8. The maximum absolute atomic E-state index is 14.1. The molecule has 0 radical (unpaired) electrons. The topological polar surface area (TPSA) is 60.7 Å². The molecular formula is C22H16ClFN2O3S. The molecule has 8 heteroatoms. The molecule has 1 atom stereocenters. The number of rotatable bonds is 3. The molecule has 0 saturated heterocycles. The summed E-state index contributed by atoms with van der Waals surface area (Å²) in [5.41, 5.74) is 1.15. The summed E-state index contributed by atoms with van der Waals surface area (Å²) >= 11 is 7.55. The molecule has 1 aliphatic rings. The zero-order chi connectivity index (χ0) is 21.4. The minimum Gasteiger partial charge on any atom is -0.466 e. The van der Waals surface area contributed by atoms with Gasteiger partial charge in [0.15, 0.2) is 4.80 Å². The van der Waals surface area contributed by atoms with Crippen molar-refractivity contribution in [1.29, 1.82) is 0 Å². The van der Waals surface area contributed by atoms with Crippen LogP contribution in [0, 0.1) is 5.82 Å². The lowest BCUT2D eigenvalue weighted by Gasteiger charge is -2.25. The summed E-state index contributed by atoms with van der Waals surface area (Å²) in [6.45, 7) is 1.68. The molecule has 0 bridgehead atoms. The van der Waals surface area contributed by atoms with Crippen LogP contribution < -0.4 is 14.9 Å². The van der Waals surface area contributed by atoms with E-state index in [2.05, 4.69) is 4.99 Å². The van der Waals surface area contributed by atoms with Crippen molar-refractivity contribution in [2.45, 2.75) is 13.0 Å². The molecule has 4 rings (SSSR count). The van der Waals surface area contributed by atoms with Crippen molar-refractivity contribution in [1.82, 2.24) is 4.57 Å². The second-order valence-corrected chi connectivity index (χ2v) is 8.03. The number of methoxy groups -OCH3 is 1. The van der Waals surface area contributed by atoms with Crippen LogP contribution in [0.2, 0.25) is 5.02 Å². The standard InChI is InChI=1S/C22H16ClFN2O3S/c1-12-18(21(28)29-2)19(14-8-4-5-9-15(14)23)26-20(27)17(30-22(26)25-12)11-13-7-3-6-10-16(13)24/h3-11,19H,1-2H3/b17-11+/t19-/m0/s1. The predicted molar refractivity (Wildman–Crippen MR) is 114 cm³/mol. The van der Waals surface area contributed by atoms with E-state index in [-0.39, 0.29) is 11.1 Å². The minimum absolute atomic E-state index is 0.232. The number of thiazole rings is 1. The largest absolute Gasteiger partial charge is 0.466 e. The highest BCUT2D eigenvalue weighted by atomic mass is 35.5. The smallest absolute Gasteiger partial charge is 0.338 e. The summed E-state index contributed by atoms with van der Waals surface area (Å²) in [6, 6.07) is 12.4. The Morgan fingerprint density at radius 3 is 2.63 bits per heavy atom. The number of esters is 1. The van der Waals surface area contributed by atoms with E-state index in [1.165, 1.54) is 23.8 Å². The molecule has 1 aromatic heterocycles. The Balaban J connectivity index is 2.03. The molecule has 3 aromatic rings. The molecule has 2 aromatic carbocycles. The van der Waals surface area contributed by atoms with E-state index in [1.807, 2.05) is 0 Å². The number of allylic oxidation sites excluding steroid dienone is 1. The number of halogens is 2. The molecule has 5 nitrogen and oxygen atoms in total. The molecule has 30 heavy (non-hydrogen) atoms. The van der Waals surface area contributed by atoms with Gasteiger partial charge in [-0.25, -0.2) is 14.2 Å². The van der Waals surface area contributed by atoms with Crippen LogP contribution in [-0.2, 0) is 9.53 Å². The molecule has 0 amide bonds. The number of hydrogen-bond acceptors (Lipinski definition) is 5. The van der Waals surface area contributed by atoms with Crippen molar-refractivity contribution in [2.75, 3.05) is 7.11 Å². The summed E-state index contributed by atoms with van der Waals surface area (Å²) in [4.78, 5) is 30.8. The van der Waals surface area contributed by atoms with Crippen molar-refractivity contribution in [3.8, 4) is 0 Å². The van der Waals surface area contributed by atoms with E-state index in [0.29, 0.717) is 31.2 Å². The molecule has 1 aliphatic heterocycles. The number of ether oxygens (including phenoxy) is 1. The van der Waals surface area contributed by atoms with Crippen LogP contribution in [0.25, 0.3) is 6.08 Å². The van der Waals surface area contributed by atoms with Crippen molar-refractivity contribution < 1.29 is 13.9 Å². The lowest BCUT2D eigenvalue weighted by Crippen LogP contribution is -2.39. The van der Waals surface area contributed by atoms with Gasteiger partial charge in [0, 0.05) is 10.6 Å². The van der Waals surface area contributed by atoms with Crippen LogP contribution in [0.3, 0.4) is 0 Å². The van der Waals surface area contributed by atoms with E-state index in [9.17, 15) is 14.0 Å². The summed E-state index contributed by atoms with van der Waals surface area (Å²) in [5, 5.41) is 0.405.